The van der Waals surface area contributed by atoms with Crippen molar-refractivity contribution in [3.05, 3.63) is 29.3 Å². The van der Waals surface area contributed by atoms with Crippen LogP contribution in [0, 0.1) is 23.2 Å². The highest BCUT2D eigenvalue weighted by Crippen LogP contribution is 2.73. The first kappa shape index (κ1) is 16.7. The van der Waals surface area contributed by atoms with Crippen molar-refractivity contribution in [1.82, 2.24) is 0 Å². The molecule has 5 N–H and O–H groups in total. The fourth-order valence-electron chi connectivity index (χ4n) is 4.24. The largest absolute Gasteiger partial charge is 0.481 e. The predicted octanol–water partition coefficient (Wildman–Crippen LogP) is 1.42. The van der Waals surface area contributed by atoms with Gasteiger partial charge in [-0.3, -0.25) is 14.4 Å². The van der Waals surface area contributed by atoms with Crippen LogP contribution in [0.5, 0.6) is 0 Å². The van der Waals surface area contributed by atoms with Crippen molar-refractivity contribution in [3.63, 3.8) is 0 Å². The Kier molecular flexibility index (Phi) is 3.62. The van der Waals surface area contributed by atoms with E-state index in [9.17, 15) is 24.6 Å². The lowest BCUT2D eigenvalue weighted by Gasteiger charge is -2.29. The Labute approximate surface area is 142 Å². The van der Waals surface area contributed by atoms with E-state index in [-0.39, 0.29) is 6.42 Å². The molecule has 0 spiro atoms. The van der Waals surface area contributed by atoms with E-state index in [0.29, 0.717) is 10.7 Å². The fourth-order valence-corrected chi connectivity index (χ4v) is 4.42. The van der Waals surface area contributed by atoms with Crippen molar-refractivity contribution in [3.8, 4) is 0 Å². The molecule has 1 aromatic rings. The Morgan fingerprint density at radius 1 is 1.29 bits per heavy atom. The number of hydrogen-bond acceptors (Lipinski definition) is 4. The van der Waals surface area contributed by atoms with Gasteiger partial charge >= 0.3 is 11.9 Å². The first-order valence-electron chi connectivity index (χ1n) is 7.45. The lowest BCUT2D eigenvalue weighted by atomic mass is 9.80. The van der Waals surface area contributed by atoms with Crippen molar-refractivity contribution < 1.29 is 24.6 Å². The van der Waals surface area contributed by atoms with Crippen LogP contribution in [0.2, 0.25) is 5.02 Å². The number of para-hydroxylation sites is 1. The average molecular weight is 353 g/mol. The second-order valence-electron chi connectivity index (χ2n) is 6.68. The maximum Gasteiger partial charge on any atom is 0.324 e. The molecule has 8 heteroatoms. The van der Waals surface area contributed by atoms with E-state index in [0.717, 1.165) is 0 Å². The zero-order chi connectivity index (χ0) is 17.9. The average Bonchev–Trinajstić information content (AvgIpc) is 3.06. The number of nitrogens with one attached hydrogen (secondary N) is 1. The van der Waals surface area contributed by atoms with Crippen molar-refractivity contribution in [2.75, 3.05) is 5.32 Å². The second kappa shape index (κ2) is 5.19. The highest BCUT2D eigenvalue weighted by Gasteiger charge is 2.83. The number of nitrogens with two attached hydrogens (primary N) is 1. The zero-order valence-electron chi connectivity index (χ0n) is 12.8. The second-order valence-corrected chi connectivity index (χ2v) is 7.09. The molecule has 5 unspecified atom stereocenters. The highest BCUT2D eigenvalue weighted by molar-refractivity contribution is 6.33. The molecule has 2 aliphatic rings. The van der Waals surface area contributed by atoms with Crippen LogP contribution in [0.25, 0.3) is 0 Å². The molecule has 7 nitrogen and oxygen atoms in total. The van der Waals surface area contributed by atoms with E-state index in [1.54, 1.807) is 24.3 Å². The predicted molar refractivity (Wildman–Crippen MR) is 85.5 cm³/mol. The molecular weight excluding hydrogens is 336 g/mol. The molecule has 0 bridgehead atoms. The van der Waals surface area contributed by atoms with Gasteiger partial charge in [-0.2, -0.15) is 0 Å². The van der Waals surface area contributed by atoms with Gasteiger partial charge in [-0.15, -0.1) is 0 Å². The number of carboxylic acids is 2. The third-order valence-corrected chi connectivity index (χ3v) is 5.97. The number of carbonyl (C=O) groups is 3. The molecule has 128 valence electrons. The van der Waals surface area contributed by atoms with Gasteiger partial charge in [0.25, 0.3) is 0 Å². The van der Waals surface area contributed by atoms with Gasteiger partial charge < -0.3 is 21.3 Å². The lowest BCUT2D eigenvalue weighted by molar-refractivity contribution is -0.148. The molecule has 2 saturated carbocycles. The number of carbonyl (C=O) groups excluding carboxylic acids is 1. The van der Waals surface area contributed by atoms with Crippen LogP contribution in [0.3, 0.4) is 0 Å². The number of benzene rings is 1. The molecule has 1 amide bonds. The summed E-state index contributed by atoms with van der Waals surface area (Å²) in [6.07, 6.45) is -0.108. The van der Waals surface area contributed by atoms with Crippen LogP contribution in [-0.2, 0) is 14.4 Å². The van der Waals surface area contributed by atoms with Gasteiger partial charge in [0.2, 0.25) is 5.91 Å². The summed E-state index contributed by atoms with van der Waals surface area (Å²) in [4.78, 5) is 35.7. The van der Waals surface area contributed by atoms with Crippen molar-refractivity contribution in [2.24, 2.45) is 28.9 Å². The van der Waals surface area contributed by atoms with E-state index < -0.39 is 46.6 Å². The molecule has 24 heavy (non-hydrogen) atoms. The number of halogens is 1. The van der Waals surface area contributed by atoms with E-state index >= 15 is 0 Å². The number of carboxylic acid groups (broad SMARTS) is 2. The van der Waals surface area contributed by atoms with Crippen LogP contribution in [0.15, 0.2) is 24.3 Å². The highest BCUT2D eigenvalue weighted by atomic mass is 35.5. The van der Waals surface area contributed by atoms with Crippen LogP contribution in [0.4, 0.5) is 5.69 Å². The minimum absolute atomic E-state index is 0.108. The summed E-state index contributed by atoms with van der Waals surface area (Å²) >= 11 is 6.01. The molecule has 0 heterocycles. The van der Waals surface area contributed by atoms with Gasteiger partial charge in [0.1, 0.15) is 5.54 Å². The monoisotopic (exact) mass is 352 g/mol. The van der Waals surface area contributed by atoms with Crippen LogP contribution in [-0.4, -0.2) is 33.6 Å². The van der Waals surface area contributed by atoms with Gasteiger partial charge in [0, 0.05) is 11.3 Å². The third kappa shape index (κ3) is 2.04. The Hall–Kier alpha value is -2.12. The zero-order valence-corrected chi connectivity index (χ0v) is 13.6. The first-order chi connectivity index (χ1) is 11.1. The third-order valence-electron chi connectivity index (χ3n) is 5.64. The Bertz CT molecular complexity index is 754. The molecule has 2 aliphatic carbocycles. The minimum Gasteiger partial charge on any atom is -0.481 e. The fraction of sp³-hybridized carbons (Fsp3) is 0.438. The van der Waals surface area contributed by atoms with Gasteiger partial charge in [-0.05, 0) is 24.5 Å². The summed E-state index contributed by atoms with van der Waals surface area (Å²) in [5.41, 5.74) is 3.53. The van der Waals surface area contributed by atoms with Gasteiger partial charge in [0.15, 0.2) is 0 Å². The molecule has 2 fully saturated rings. The number of amides is 1. The maximum absolute atomic E-state index is 12.6. The number of aliphatic carboxylic acids is 2. The summed E-state index contributed by atoms with van der Waals surface area (Å²) in [6.45, 7) is 1.54. The molecule has 0 aliphatic heterocycles. The topological polar surface area (TPSA) is 130 Å². The molecule has 0 saturated heterocycles. The SMILES string of the molecule is CC12C(C(=O)O)C1C(C(=O)Nc1ccccc1Cl)CC2(N)C(=O)O. The van der Waals surface area contributed by atoms with Gasteiger partial charge in [-0.1, -0.05) is 30.7 Å². The molecule has 0 radical (unpaired) electrons. The molecule has 1 aromatic carbocycles. The van der Waals surface area contributed by atoms with E-state index in [1.807, 2.05) is 0 Å². The Morgan fingerprint density at radius 3 is 2.46 bits per heavy atom. The van der Waals surface area contributed by atoms with Crippen LogP contribution in [0.1, 0.15) is 13.3 Å². The van der Waals surface area contributed by atoms with Crippen LogP contribution < -0.4 is 11.1 Å². The minimum atomic E-state index is -1.75. The Balaban J connectivity index is 1.90. The van der Waals surface area contributed by atoms with Crippen LogP contribution >= 0.6 is 11.6 Å². The number of fused-ring (bicyclic) bond motifs is 1. The summed E-state index contributed by atoms with van der Waals surface area (Å²) in [6, 6.07) is 6.63. The van der Waals surface area contributed by atoms with E-state index in [2.05, 4.69) is 5.32 Å². The van der Waals surface area contributed by atoms with Gasteiger partial charge in [-0.25, -0.2) is 0 Å². The normalized spacial score (nSPS) is 36.7. The number of hydrogen-bond donors (Lipinski definition) is 4. The summed E-state index contributed by atoms with van der Waals surface area (Å²) in [5, 5.41) is 21.9. The molecule has 0 aromatic heterocycles. The van der Waals surface area contributed by atoms with Crippen molar-refractivity contribution in [2.45, 2.75) is 18.9 Å². The van der Waals surface area contributed by atoms with E-state index in [4.69, 9.17) is 17.3 Å². The summed E-state index contributed by atoms with van der Waals surface area (Å²) < 4.78 is 0. The standard InChI is InChI=1S/C16H17ClN2O5/c1-15-10(11(15)13(21)22)7(6-16(15,18)14(23)24)12(20)19-9-5-3-2-4-8(9)17/h2-5,7,10-11H,6,18H2,1H3,(H,19,20)(H,21,22)(H,23,24). The van der Waals surface area contributed by atoms with Crippen molar-refractivity contribution in [1.29, 1.82) is 0 Å². The first-order valence-corrected chi connectivity index (χ1v) is 7.83. The number of anilines is 1. The maximum atomic E-state index is 12.6. The van der Waals surface area contributed by atoms with E-state index in [1.165, 1.54) is 6.92 Å². The molecular formula is C16H17ClN2O5. The summed E-state index contributed by atoms with van der Waals surface area (Å²) in [5.74, 6) is -5.24. The quantitative estimate of drug-likeness (QED) is 0.648. The smallest absolute Gasteiger partial charge is 0.324 e. The molecule has 3 rings (SSSR count). The lowest BCUT2D eigenvalue weighted by Crippen LogP contribution is -2.55. The number of rotatable bonds is 4. The molecule has 5 atom stereocenters. The Morgan fingerprint density at radius 2 is 1.92 bits per heavy atom. The summed E-state index contributed by atoms with van der Waals surface area (Å²) in [7, 11) is 0. The van der Waals surface area contributed by atoms with Crippen molar-refractivity contribution >= 4 is 35.1 Å². The van der Waals surface area contributed by atoms with Gasteiger partial charge in [0.05, 0.1) is 16.6 Å².